The highest BCUT2D eigenvalue weighted by Crippen LogP contribution is 2.67. The molecule has 0 aromatic heterocycles. The molecular formula is C26H40O4Si. The van der Waals surface area contributed by atoms with Crippen LogP contribution in [-0.4, -0.2) is 39.2 Å². The van der Waals surface area contributed by atoms with Crippen LogP contribution < -0.4 is 0 Å². The molecule has 5 heteroatoms. The van der Waals surface area contributed by atoms with Gasteiger partial charge in [0, 0.05) is 23.8 Å². The van der Waals surface area contributed by atoms with E-state index in [0.29, 0.717) is 23.3 Å². The Kier molecular flexibility index (Phi) is 5.25. The van der Waals surface area contributed by atoms with Gasteiger partial charge >= 0.3 is 0 Å². The number of rotatable bonds is 4. The van der Waals surface area contributed by atoms with Gasteiger partial charge in [-0.1, -0.05) is 25.2 Å². The van der Waals surface area contributed by atoms with E-state index in [2.05, 4.69) is 39.2 Å². The number of carbonyl (C=O) groups excluding carboxylic acids is 1. The lowest BCUT2D eigenvalue weighted by Crippen LogP contribution is -2.57. The zero-order valence-corrected chi connectivity index (χ0v) is 20.9. The molecule has 0 aromatic rings. The molecule has 5 rings (SSSR count). The minimum Gasteiger partial charge on any atom is -0.407 e. The van der Waals surface area contributed by atoms with Crippen LogP contribution in [0, 0.1) is 29.1 Å². The Hall–Kier alpha value is -0.753. The molecule has 1 saturated heterocycles. The molecule has 4 aliphatic carbocycles. The normalized spacial score (nSPS) is 43.7. The van der Waals surface area contributed by atoms with Crippen molar-refractivity contribution in [3.8, 4) is 0 Å². The SMILES string of the molecule is C=C(C=O)[C@@]1(O[Si](C)(C)C)CC[C@H]2[C@@H]3CC=C4CC5(CC[C@@H]4[C@H]3CC[C@@]21C)OCCO5. The Bertz CT molecular complexity index is 792. The fourth-order valence-electron chi connectivity index (χ4n) is 8.37. The summed E-state index contributed by atoms with van der Waals surface area (Å²) in [6.45, 7) is 14.9. The third-order valence-electron chi connectivity index (χ3n) is 9.52. The zero-order valence-electron chi connectivity index (χ0n) is 19.9. The maximum atomic E-state index is 12.0. The quantitative estimate of drug-likeness (QED) is 0.243. The number of carbonyl (C=O) groups is 1. The van der Waals surface area contributed by atoms with Crippen LogP contribution >= 0.6 is 0 Å². The summed E-state index contributed by atoms with van der Waals surface area (Å²) in [6.07, 6.45) is 12.3. The highest BCUT2D eigenvalue weighted by atomic mass is 28.4. The standard InChI is InChI=1S/C26H40O4Si/c1-18(17-27)26(30-31(3,4)5)13-10-23-22-7-6-19-16-25(28-14-15-29-25)12-9-20(19)21(22)8-11-24(23,26)2/h6,17,20-23H,1,7-16H2,2-5H3/t20-,21+,22+,23-,24-,26-/m0/s1. The third-order valence-corrected chi connectivity index (χ3v) is 10.5. The minimum absolute atomic E-state index is 0.00531. The second-order valence-electron chi connectivity index (χ2n) is 12.1. The predicted molar refractivity (Wildman–Crippen MR) is 124 cm³/mol. The van der Waals surface area contributed by atoms with Crippen LogP contribution in [0.25, 0.3) is 0 Å². The Morgan fingerprint density at radius 2 is 1.87 bits per heavy atom. The summed E-state index contributed by atoms with van der Waals surface area (Å²) in [7, 11) is -1.85. The molecule has 0 unspecified atom stereocenters. The van der Waals surface area contributed by atoms with Crippen molar-refractivity contribution in [3.63, 3.8) is 0 Å². The van der Waals surface area contributed by atoms with Gasteiger partial charge < -0.3 is 13.9 Å². The van der Waals surface area contributed by atoms with Crippen LogP contribution in [0.5, 0.6) is 0 Å². The second-order valence-corrected chi connectivity index (χ2v) is 16.5. The number of allylic oxidation sites excluding steroid dienone is 1. The summed E-state index contributed by atoms with van der Waals surface area (Å²) in [6, 6.07) is 0. The summed E-state index contributed by atoms with van der Waals surface area (Å²) in [5, 5.41) is 0. The van der Waals surface area contributed by atoms with E-state index >= 15 is 0 Å². The number of hydrogen-bond donors (Lipinski definition) is 0. The predicted octanol–water partition coefficient (Wildman–Crippen LogP) is 5.65. The van der Waals surface area contributed by atoms with Gasteiger partial charge in [-0.25, -0.2) is 0 Å². The lowest BCUT2D eigenvalue weighted by Gasteiger charge is -2.58. The van der Waals surface area contributed by atoms with Crippen LogP contribution in [0.3, 0.4) is 0 Å². The maximum Gasteiger partial charge on any atom is 0.185 e. The van der Waals surface area contributed by atoms with E-state index in [-0.39, 0.29) is 11.2 Å². The molecule has 1 heterocycles. The van der Waals surface area contributed by atoms with Gasteiger partial charge in [0.15, 0.2) is 14.1 Å². The molecule has 6 atom stereocenters. The molecule has 0 aromatic carbocycles. The second kappa shape index (κ2) is 7.38. The van der Waals surface area contributed by atoms with Crippen molar-refractivity contribution in [1.29, 1.82) is 0 Å². The van der Waals surface area contributed by atoms with Gasteiger partial charge in [-0.3, -0.25) is 4.79 Å². The lowest BCUT2D eigenvalue weighted by molar-refractivity contribution is -0.177. The largest absolute Gasteiger partial charge is 0.407 e. The molecule has 4 fully saturated rings. The fourth-order valence-corrected chi connectivity index (χ4v) is 9.88. The van der Waals surface area contributed by atoms with E-state index in [1.165, 1.54) is 12.8 Å². The van der Waals surface area contributed by atoms with E-state index < -0.39 is 13.9 Å². The maximum absolute atomic E-state index is 12.0. The number of aldehydes is 1. The molecule has 5 aliphatic rings. The highest BCUT2D eigenvalue weighted by Gasteiger charge is 2.65. The van der Waals surface area contributed by atoms with Crippen molar-refractivity contribution in [3.05, 3.63) is 23.8 Å². The Balaban J connectivity index is 1.44. The average Bonchev–Trinajstić information content (AvgIpc) is 3.28. The van der Waals surface area contributed by atoms with Crippen molar-refractivity contribution in [2.45, 2.75) is 89.3 Å². The summed E-state index contributed by atoms with van der Waals surface area (Å²) in [5.41, 5.74) is 1.81. The van der Waals surface area contributed by atoms with Gasteiger partial charge in [-0.15, -0.1) is 0 Å². The van der Waals surface area contributed by atoms with Crippen LogP contribution in [0.4, 0.5) is 0 Å². The number of ether oxygens (including phenoxy) is 2. The van der Waals surface area contributed by atoms with Crippen molar-refractivity contribution < 1.29 is 18.7 Å². The van der Waals surface area contributed by atoms with E-state index in [0.717, 1.165) is 63.9 Å². The molecule has 31 heavy (non-hydrogen) atoms. The first kappa shape index (κ1) is 22.1. The van der Waals surface area contributed by atoms with Gasteiger partial charge in [0.2, 0.25) is 0 Å². The molecule has 1 spiro atoms. The summed E-state index contributed by atoms with van der Waals surface area (Å²) >= 11 is 0. The molecule has 1 aliphatic heterocycles. The van der Waals surface area contributed by atoms with Crippen molar-refractivity contribution >= 4 is 14.6 Å². The molecule has 172 valence electrons. The molecule has 3 saturated carbocycles. The van der Waals surface area contributed by atoms with Crippen molar-refractivity contribution in [2.24, 2.45) is 29.1 Å². The van der Waals surface area contributed by atoms with Gasteiger partial charge in [-0.2, -0.15) is 0 Å². The van der Waals surface area contributed by atoms with Crippen LogP contribution in [0.15, 0.2) is 23.8 Å². The van der Waals surface area contributed by atoms with Crippen molar-refractivity contribution in [1.82, 2.24) is 0 Å². The number of fused-ring (bicyclic) bond motifs is 5. The first-order valence-corrected chi connectivity index (χ1v) is 15.9. The summed E-state index contributed by atoms with van der Waals surface area (Å²) in [5.74, 6) is 2.41. The summed E-state index contributed by atoms with van der Waals surface area (Å²) in [4.78, 5) is 12.0. The molecule has 4 nitrogen and oxygen atoms in total. The van der Waals surface area contributed by atoms with E-state index in [1.807, 2.05) is 0 Å². The highest BCUT2D eigenvalue weighted by molar-refractivity contribution is 6.69. The molecule has 0 amide bonds. The first-order valence-electron chi connectivity index (χ1n) is 12.4. The fraction of sp³-hybridized carbons (Fsp3) is 0.808. The summed E-state index contributed by atoms with van der Waals surface area (Å²) < 4.78 is 19.0. The average molecular weight is 445 g/mol. The van der Waals surface area contributed by atoms with Crippen LogP contribution in [0.1, 0.15) is 58.3 Å². The smallest absolute Gasteiger partial charge is 0.185 e. The number of hydrogen-bond acceptors (Lipinski definition) is 4. The van der Waals surface area contributed by atoms with E-state index in [1.54, 1.807) is 5.57 Å². The topological polar surface area (TPSA) is 44.8 Å². The van der Waals surface area contributed by atoms with E-state index in [9.17, 15) is 4.79 Å². The third kappa shape index (κ3) is 3.29. The zero-order chi connectivity index (χ0) is 22.1. The van der Waals surface area contributed by atoms with Crippen LogP contribution in [0.2, 0.25) is 19.6 Å². The molecule has 0 N–H and O–H groups in total. The monoisotopic (exact) mass is 444 g/mol. The van der Waals surface area contributed by atoms with E-state index in [4.69, 9.17) is 13.9 Å². The molecular weight excluding hydrogens is 404 g/mol. The van der Waals surface area contributed by atoms with Gasteiger partial charge in [-0.05, 0) is 81.8 Å². The molecule has 0 bridgehead atoms. The Labute approximate surface area is 188 Å². The Morgan fingerprint density at radius 1 is 1.13 bits per heavy atom. The lowest BCUT2D eigenvalue weighted by atomic mass is 9.50. The van der Waals surface area contributed by atoms with Crippen LogP contribution in [-0.2, 0) is 18.7 Å². The first-order chi connectivity index (χ1) is 14.6. The molecule has 0 radical (unpaired) electrons. The van der Waals surface area contributed by atoms with Gasteiger partial charge in [0.1, 0.15) is 6.29 Å². The minimum atomic E-state index is -1.85. The van der Waals surface area contributed by atoms with Gasteiger partial charge in [0.05, 0.1) is 18.8 Å². The van der Waals surface area contributed by atoms with Gasteiger partial charge in [0.25, 0.3) is 0 Å². The Morgan fingerprint density at radius 3 is 2.55 bits per heavy atom. The van der Waals surface area contributed by atoms with Crippen molar-refractivity contribution in [2.75, 3.05) is 13.2 Å².